The van der Waals surface area contributed by atoms with Gasteiger partial charge in [-0.25, -0.2) is 36.6 Å². The van der Waals surface area contributed by atoms with E-state index in [-0.39, 0.29) is 5.82 Å². The molecule has 0 unspecified atom stereocenters. The highest BCUT2D eigenvalue weighted by atomic mass is 19.2. The molecule has 28 heavy (non-hydrogen) atoms. The quantitative estimate of drug-likeness (QED) is 0.240. The van der Waals surface area contributed by atoms with Crippen LogP contribution in [-0.2, 0) is 0 Å². The number of hydrogen-bond acceptors (Lipinski definition) is 5. The van der Waals surface area contributed by atoms with E-state index in [0.717, 1.165) is 11.4 Å². The molecule has 0 saturated heterocycles. The maximum absolute atomic E-state index is 13.6. The molecule has 1 N–H and O–H groups in total. The second-order valence-electron chi connectivity index (χ2n) is 5.85. The average Bonchev–Trinajstić information content (AvgIpc) is 2.99. The highest BCUT2D eigenvalue weighted by Gasteiger charge is 2.24. The number of nitrogens with zero attached hydrogens (tertiary/aromatic N) is 5. The molecule has 3 aromatic rings. The van der Waals surface area contributed by atoms with Gasteiger partial charge < -0.3 is 0 Å². The van der Waals surface area contributed by atoms with Crippen LogP contribution in [0.3, 0.4) is 0 Å². The molecule has 1 aromatic carbocycles. The summed E-state index contributed by atoms with van der Waals surface area (Å²) in [5.41, 5.74) is 2.79. The summed E-state index contributed by atoms with van der Waals surface area (Å²) in [5, 5.41) is 7.80. The number of aromatic nitrogens is 4. The van der Waals surface area contributed by atoms with Crippen LogP contribution in [0.25, 0.3) is 5.82 Å². The first-order valence-electron chi connectivity index (χ1n) is 7.89. The molecule has 2 heterocycles. The number of aryl methyl sites for hydroxylation is 3. The summed E-state index contributed by atoms with van der Waals surface area (Å²) >= 11 is 0. The fourth-order valence-corrected chi connectivity index (χ4v) is 2.48. The van der Waals surface area contributed by atoms with Crippen LogP contribution in [0, 0.1) is 49.9 Å². The topological polar surface area (TPSA) is 68.0 Å². The highest BCUT2D eigenvalue weighted by molar-refractivity contribution is 5.81. The van der Waals surface area contributed by atoms with E-state index in [0.29, 0.717) is 17.9 Å². The third-order valence-electron chi connectivity index (χ3n) is 3.67. The highest BCUT2D eigenvalue weighted by Crippen LogP contribution is 2.22. The zero-order valence-electron chi connectivity index (χ0n) is 14.9. The Morgan fingerprint density at radius 1 is 0.893 bits per heavy atom. The molecule has 0 aliphatic heterocycles. The van der Waals surface area contributed by atoms with E-state index < -0.39 is 34.6 Å². The number of benzene rings is 1. The summed E-state index contributed by atoms with van der Waals surface area (Å²) < 4.78 is 68.3. The summed E-state index contributed by atoms with van der Waals surface area (Å²) in [6, 6.07) is 3.30. The Morgan fingerprint density at radius 2 is 1.50 bits per heavy atom. The van der Waals surface area contributed by atoms with Crippen molar-refractivity contribution in [1.29, 1.82) is 0 Å². The maximum Gasteiger partial charge on any atom is 0.200 e. The molecule has 146 valence electrons. The molecular weight excluding hydrogens is 383 g/mol. The minimum absolute atomic E-state index is 0.134. The normalized spacial score (nSPS) is 11.4. The van der Waals surface area contributed by atoms with Gasteiger partial charge in [-0.15, -0.1) is 0 Å². The van der Waals surface area contributed by atoms with E-state index in [1.54, 1.807) is 11.6 Å². The van der Waals surface area contributed by atoms with Crippen LogP contribution in [0.5, 0.6) is 0 Å². The Hall–Kier alpha value is -3.37. The number of anilines is 1. The van der Waals surface area contributed by atoms with Gasteiger partial charge in [-0.05, 0) is 26.8 Å². The standard InChI is InChI=1S/C17H13F5N6/c1-7-4-8(2)28(27-7)12-5-11(24-9(3)25-12)26-23-6-10-13(18)15(20)17(22)16(21)14(10)19/h4-6H,1-3H3,(H,24,25,26)/b23-6+. The van der Waals surface area contributed by atoms with E-state index in [9.17, 15) is 22.0 Å². The van der Waals surface area contributed by atoms with Crippen molar-refractivity contribution < 1.29 is 22.0 Å². The molecule has 0 amide bonds. The third kappa shape index (κ3) is 3.55. The van der Waals surface area contributed by atoms with E-state index in [2.05, 4.69) is 25.6 Å². The van der Waals surface area contributed by atoms with E-state index >= 15 is 0 Å². The molecule has 0 bridgehead atoms. The zero-order chi connectivity index (χ0) is 20.6. The van der Waals surface area contributed by atoms with E-state index in [4.69, 9.17) is 0 Å². The molecule has 0 aliphatic carbocycles. The maximum atomic E-state index is 13.6. The van der Waals surface area contributed by atoms with Gasteiger partial charge in [0.15, 0.2) is 34.9 Å². The molecule has 0 spiro atoms. The first-order chi connectivity index (χ1) is 13.2. The van der Waals surface area contributed by atoms with Crippen LogP contribution < -0.4 is 5.43 Å². The van der Waals surface area contributed by atoms with Crippen molar-refractivity contribution in [2.75, 3.05) is 5.43 Å². The van der Waals surface area contributed by atoms with Gasteiger partial charge >= 0.3 is 0 Å². The van der Waals surface area contributed by atoms with E-state index in [1.807, 2.05) is 19.9 Å². The van der Waals surface area contributed by atoms with Crippen molar-refractivity contribution in [3.63, 3.8) is 0 Å². The second-order valence-corrected chi connectivity index (χ2v) is 5.85. The van der Waals surface area contributed by atoms with Gasteiger partial charge in [-0.1, -0.05) is 0 Å². The number of hydrazone groups is 1. The van der Waals surface area contributed by atoms with Gasteiger partial charge in [0.25, 0.3) is 0 Å². The molecule has 6 nitrogen and oxygen atoms in total. The van der Waals surface area contributed by atoms with Crippen molar-refractivity contribution in [3.8, 4) is 5.82 Å². The van der Waals surface area contributed by atoms with Crippen LogP contribution in [0.4, 0.5) is 27.8 Å². The Labute approximate surface area is 155 Å². The summed E-state index contributed by atoms with van der Waals surface area (Å²) in [4.78, 5) is 8.29. The number of nitrogens with one attached hydrogen (secondary N) is 1. The number of hydrogen-bond donors (Lipinski definition) is 1. The SMILES string of the molecule is Cc1cc(C)n(-c2cc(N/N=C/c3c(F)c(F)c(F)c(F)c3F)nc(C)n2)n1. The predicted octanol–water partition coefficient (Wildman–Crippen LogP) is 3.73. The first kappa shape index (κ1) is 19.4. The largest absolute Gasteiger partial charge is 0.261 e. The van der Waals surface area contributed by atoms with Crippen LogP contribution in [-0.4, -0.2) is 26.0 Å². The Morgan fingerprint density at radius 3 is 2.07 bits per heavy atom. The van der Waals surface area contributed by atoms with E-state index in [1.165, 1.54) is 6.07 Å². The molecule has 0 aliphatic rings. The first-order valence-corrected chi connectivity index (χ1v) is 7.89. The average molecular weight is 396 g/mol. The smallest absolute Gasteiger partial charge is 0.200 e. The van der Waals surface area contributed by atoms with Crippen LogP contribution in [0.15, 0.2) is 17.2 Å². The Balaban J connectivity index is 1.91. The van der Waals surface area contributed by atoms with Gasteiger partial charge in [-0.3, -0.25) is 5.43 Å². The molecule has 0 atom stereocenters. The number of rotatable bonds is 4. The summed E-state index contributed by atoms with van der Waals surface area (Å²) in [5.74, 6) is -9.41. The fourth-order valence-electron chi connectivity index (χ4n) is 2.48. The molecule has 0 fully saturated rings. The molecule has 0 radical (unpaired) electrons. The fraction of sp³-hybridized carbons (Fsp3) is 0.176. The van der Waals surface area contributed by atoms with Gasteiger partial charge in [0.05, 0.1) is 17.5 Å². The summed E-state index contributed by atoms with van der Waals surface area (Å²) in [6.07, 6.45) is 0.483. The van der Waals surface area contributed by atoms with Crippen molar-refractivity contribution in [2.24, 2.45) is 5.10 Å². The van der Waals surface area contributed by atoms with Crippen molar-refractivity contribution in [3.05, 3.63) is 64.0 Å². The van der Waals surface area contributed by atoms with Crippen molar-refractivity contribution in [2.45, 2.75) is 20.8 Å². The zero-order valence-corrected chi connectivity index (χ0v) is 14.9. The third-order valence-corrected chi connectivity index (χ3v) is 3.67. The second kappa shape index (κ2) is 7.33. The van der Waals surface area contributed by atoms with Crippen molar-refractivity contribution in [1.82, 2.24) is 19.7 Å². The van der Waals surface area contributed by atoms with Gasteiger partial charge in [0, 0.05) is 11.8 Å². The van der Waals surface area contributed by atoms with Crippen molar-refractivity contribution >= 4 is 12.0 Å². The predicted molar refractivity (Wildman–Crippen MR) is 90.8 cm³/mol. The lowest BCUT2D eigenvalue weighted by atomic mass is 10.2. The molecule has 0 saturated carbocycles. The minimum Gasteiger partial charge on any atom is -0.261 e. The van der Waals surface area contributed by atoms with Gasteiger partial charge in [0.1, 0.15) is 5.82 Å². The van der Waals surface area contributed by atoms with Gasteiger partial charge in [0.2, 0.25) is 5.82 Å². The summed E-state index contributed by atoms with van der Waals surface area (Å²) in [6.45, 7) is 5.24. The lowest BCUT2D eigenvalue weighted by Gasteiger charge is -2.07. The Bertz CT molecular complexity index is 1060. The van der Waals surface area contributed by atoms with Gasteiger partial charge in [-0.2, -0.15) is 10.2 Å². The molecule has 3 rings (SSSR count). The minimum atomic E-state index is -2.24. The molecule has 11 heteroatoms. The van der Waals surface area contributed by atoms with Crippen LogP contribution in [0.1, 0.15) is 22.8 Å². The Kier molecular flexibility index (Phi) is 5.08. The van der Waals surface area contributed by atoms with Crippen LogP contribution in [0.2, 0.25) is 0 Å². The number of halogens is 5. The summed E-state index contributed by atoms with van der Waals surface area (Å²) in [7, 11) is 0. The lowest BCUT2D eigenvalue weighted by Crippen LogP contribution is -2.08. The monoisotopic (exact) mass is 396 g/mol. The lowest BCUT2D eigenvalue weighted by molar-refractivity contribution is 0.377. The van der Waals surface area contributed by atoms with Crippen LogP contribution >= 0.6 is 0 Å². The molecular formula is C17H13F5N6. The molecule has 2 aromatic heterocycles.